The first-order valence-electron chi connectivity index (χ1n) is 10.5. The molecule has 2 aromatic carbocycles. The highest BCUT2D eigenvalue weighted by Gasteiger charge is 2.14. The Balaban J connectivity index is 1.72. The van der Waals surface area contributed by atoms with Gasteiger partial charge in [0.25, 0.3) is 5.69 Å². The zero-order chi connectivity index (χ0) is 23.6. The minimum Gasteiger partial charge on any atom is -0.385 e. The largest absolute Gasteiger partial charge is 0.385 e. The second-order valence-electron chi connectivity index (χ2n) is 7.55. The fourth-order valence-electron chi connectivity index (χ4n) is 3.42. The van der Waals surface area contributed by atoms with Gasteiger partial charge in [-0.05, 0) is 60.0 Å². The number of nitrogens with zero attached hydrogens (tertiary/aromatic N) is 3. The molecule has 3 rings (SSSR count). The molecule has 0 aliphatic carbocycles. The van der Waals surface area contributed by atoms with Crippen LogP contribution in [0.4, 0.5) is 10.1 Å². The molecule has 1 heterocycles. The van der Waals surface area contributed by atoms with E-state index in [2.05, 4.69) is 0 Å². The molecule has 0 atom stereocenters. The number of aromatic nitrogens is 1. The average Bonchev–Trinajstić information content (AvgIpc) is 3.23. The van der Waals surface area contributed by atoms with E-state index in [4.69, 9.17) is 4.74 Å². The summed E-state index contributed by atoms with van der Waals surface area (Å²) in [5.41, 5.74) is 2.45. The number of benzene rings is 2. The molecule has 0 fully saturated rings. The van der Waals surface area contributed by atoms with Crippen molar-refractivity contribution in [3.05, 3.63) is 106 Å². The van der Waals surface area contributed by atoms with Crippen LogP contribution >= 0.6 is 0 Å². The van der Waals surface area contributed by atoms with Crippen molar-refractivity contribution >= 4 is 17.7 Å². The number of hydrogen-bond acceptors (Lipinski definition) is 4. The van der Waals surface area contributed by atoms with Gasteiger partial charge < -0.3 is 14.2 Å². The molecule has 3 aromatic rings. The summed E-state index contributed by atoms with van der Waals surface area (Å²) in [6.45, 7) is 1.91. The smallest absolute Gasteiger partial charge is 0.269 e. The Bertz CT molecular complexity index is 1110. The zero-order valence-corrected chi connectivity index (χ0v) is 18.4. The van der Waals surface area contributed by atoms with Crippen LogP contribution in [0, 0.1) is 15.9 Å². The van der Waals surface area contributed by atoms with E-state index in [9.17, 15) is 19.3 Å². The van der Waals surface area contributed by atoms with Gasteiger partial charge >= 0.3 is 0 Å². The topological polar surface area (TPSA) is 77.6 Å². The van der Waals surface area contributed by atoms with Gasteiger partial charge in [0.15, 0.2) is 0 Å². The lowest BCUT2D eigenvalue weighted by atomic mass is 10.2. The van der Waals surface area contributed by atoms with Crippen molar-refractivity contribution in [3.8, 4) is 0 Å². The quantitative estimate of drug-likeness (QED) is 0.184. The monoisotopic (exact) mass is 451 g/mol. The molecule has 0 saturated carbocycles. The van der Waals surface area contributed by atoms with Crippen LogP contribution in [-0.2, 0) is 22.6 Å². The summed E-state index contributed by atoms with van der Waals surface area (Å²) in [6, 6.07) is 16.3. The van der Waals surface area contributed by atoms with E-state index in [-0.39, 0.29) is 17.4 Å². The summed E-state index contributed by atoms with van der Waals surface area (Å²) in [7, 11) is 1.62. The predicted octanol–water partition coefficient (Wildman–Crippen LogP) is 4.66. The minimum atomic E-state index is -0.463. The average molecular weight is 451 g/mol. The van der Waals surface area contributed by atoms with Gasteiger partial charge in [0.05, 0.1) is 11.5 Å². The van der Waals surface area contributed by atoms with Crippen LogP contribution in [-0.4, -0.2) is 40.6 Å². The summed E-state index contributed by atoms with van der Waals surface area (Å²) >= 11 is 0. The summed E-state index contributed by atoms with van der Waals surface area (Å²) in [6.07, 6.45) is 5.69. The molecule has 0 N–H and O–H groups in total. The summed E-state index contributed by atoms with van der Waals surface area (Å²) in [4.78, 5) is 25.0. The third-order valence-corrected chi connectivity index (χ3v) is 5.13. The van der Waals surface area contributed by atoms with Crippen molar-refractivity contribution < 1.29 is 18.8 Å². The summed E-state index contributed by atoms with van der Waals surface area (Å²) in [5, 5.41) is 10.8. The number of methoxy groups -OCH3 is 1. The van der Waals surface area contributed by atoms with Gasteiger partial charge in [0.2, 0.25) is 5.91 Å². The molecule has 0 aliphatic rings. The number of ether oxygens (including phenoxy) is 1. The molecule has 7 nitrogen and oxygen atoms in total. The molecule has 0 unspecified atom stereocenters. The van der Waals surface area contributed by atoms with Crippen molar-refractivity contribution in [1.82, 2.24) is 9.47 Å². The highest BCUT2D eigenvalue weighted by Crippen LogP contribution is 2.15. The van der Waals surface area contributed by atoms with E-state index in [0.29, 0.717) is 38.2 Å². The van der Waals surface area contributed by atoms with Crippen LogP contribution in [0.25, 0.3) is 6.08 Å². The molecule has 0 bridgehead atoms. The molecule has 8 heteroatoms. The van der Waals surface area contributed by atoms with E-state index in [0.717, 1.165) is 11.3 Å². The maximum absolute atomic E-state index is 13.6. The molecule has 0 saturated heterocycles. The van der Waals surface area contributed by atoms with E-state index < -0.39 is 4.92 Å². The zero-order valence-electron chi connectivity index (χ0n) is 18.4. The van der Waals surface area contributed by atoms with E-state index >= 15 is 0 Å². The van der Waals surface area contributed by atoms with E-state index in [1.807, 2.05) is 29.0 Å². The predicted molar refractivity (Wildman–Crippen MR) is 124 cm³/mol. The van der Waals surface area contributed by atoms with Gasteiger partial charge in [-0.2, -0.15) is 0 Å². The number of carbonyl (C=O) groups is 1. The Morgan fingerprint density at radius 3 is 2.67 bits per heavy atom. The SMILES string of the molecule is COCCCN(Cc1cccn1Cc1cccc(F)c1)C(=O)C=Cc1ccc([N+](=O)[O-])cc1. The second-order valence-corrected chi connectivity index (χ2v) is 7.55. The first-order valence-corrected chi connectivity index (χ1v) is 10.5. The third-order valence-electron chi connectivity index (χ3n) is 5.13. The summed E-state index contributed by atoms with van der Waals surface area (Å²) < 4.78 is 20.7. The number of nitro groups is 1. The number of non-ortho nitro benzene ring substituents is 1. The van der Waals surface area contributed by atoms with Crippen molar-refractivity contribution in [2.45, 2.75) is 19.5 Å². The Morgan fingerprint density at radius 1 is 1.18 bits per heavy atom. The van der Waals surface area contributed by atoms with Gasteiger partial charge in [-0.3, -0.25) is 14.9 Å². The molecular weight excluding hydrogens is 425 g/mol. The number of nitro benzene ring substituents is 1. The normalized spacial score (nSPS) is 11.1. The van der Waals surface area contributed by atoms with E-state index in [1.54, 1.807) is 36.3 Å². The maximum atomic E-state index is 13.6. The molecule has 0 spiro atoms. The number of amides is 1. The van der Waals surface area contributed by atoms with Crippen LogP contribution in [0.5, 0.6) is 0 Å². The fourth-order valence-corrected chi connectivity index (χ4v) is 3.42. The first kappa shape index (κ1) is 23.9. The Kier molecular flexibility index (Phi) is 8.49. The lowest BCUT2D eigenvalue weighted by molar-refractivity contribution is -0.384. The van der Waals surface area contributed by atoms with Gasteiger partial charge in [-0.1, -0.05) is 12.1 Å². The molecular formula is C25H26FN3O4. The van der Waals surface area contributed by atoms with Crippen molar-refractivity contribution in [1.29, 1.82) is 0 Å². The number of rotatable bonds is 11. The minimum absolute atomic E-state index is 0.00118. The molecule has 172 valence electrons. The number of halogens is 1. The lowest BCUT2D eigenvalue weighted by Crippen LogP contribution is -2.31. The third kappa shape index (κ3) is 7.11. The highest BCUT2D eigenvalue weighted by atomic mass is 19.1. The van der Waals surface area contributed by atoms with Gasteiger partial charge in [0.1, 0.15) is 5.82 Å². The first-order chi connectivity index (χ1) is 16.0. The van der Waals surface area contributed by atoms with Crippen LogP contribution in [0.3, 0.4) is 0 Å². The van der Waals surface area contributed by atoms with Crippen LogP contribution < -0.4 is 0 Å². The lowest BCUT2D eigenvalue weighted by Gasteiger charge is -2.22. The maximum Gasteiger partial charge on any atom is 0.269 e. The van der Waals surface area contributed by atoms with Crippen LogP contribution in [0.1, 0.15) is 23.2 Å². The van der Waals surface area contributed by atoms with Gasteiger partial charge in [-0.15, -0.1) is 0 Å². The van der Waals surface area contributed by atoms with Crippen LogP contribution in [0.2, 0.25) is 0 Å². The van der Waals surface area contributed by atoms with Crippen LogP contribution in [0.15, 0.2) is 72.9 Å². The van der Waals surface area contributed by atoms with Crippen molar-refractivity contribution in [3.63, 3.8) is 0 Å². The molecule has 0 aliphatic heterocycles. The second kappa shape index (κ2) is 11.7. The molecule has 0 radical (unpaired) electrons. The van der Waals surface area contributed by atoms with Crippen molar-refractivity contribution in [2.75, 3.05) is 20.3 Å². The van der Waals surface area contributed by atoms with Gasteiger partial charge in [0, 0.05) is 56.9 Å². The van der Waals surface area contributed by atoms with Crippen molar-refractivity contribution in [2.24, 2.45) is 0 Å². The van der Waals surface area contributed by atoms with E-state index in [1.165, 1.54) is 30.3 Å². The number of hydrogen-bond donors (Lipinski definition) is 0. The Labute approximate surface area is 191 Å². The molecule has 33 heavy (non-hydrogen) atoms. The standard InChI is InChI=1S/C25H26FN3O4/c1-33-16-4-15-28(25(30)13-10-20-8-11-23(12-9-20)29(31)32)19-24-7-3-14-27(24)18-21-5-2-6-22(26)17-21/h2-3,5-14,17H,4,15-16,18-19H2,1H3. The molecule has 1 aromatic heterocycles. The highest BCUT2D eigenvalue weighted by molar-refractivity contribution is 5.91. The molecule has 1 amide bonds. The Hall–Kier alpha value is -3.78. The van der Waals surface area contributed by atoms with Gasteiger partial charge in [-0.25, -0.2) is 4.39 Å². The fraction of sp³-hybridized carbons (Fsp3) is 0.240. The number of carbonyl (C=O) groups excluding carboxylic acids is 1. The summed E-state index contributed by atoms with van der Waals surface area (Å²) in [5.74, 6) is -0.461. The Morgan fingerprint density at radius 2 is 1.97 bits per heavy atom.